The zero-order chi connectivity index (χ0) is 13.8. The average molecular weight is 260 g/mol. The summed E-state index contributed by atoms with van der Waals surface area (Å²) in [5.74, 6) is -1.28. The zero-order valence-corrected chi connectivity index (χ0v) is 10.3. The maximum atomic E-state index is 12.9. The standard InChI is InChI=1S/C15H13FO3/c1-19-14(11-6-8-13(16)9-7-11)10-2-4-12(5-3-10)15(17)18/h2-9,14H,1H3,(H,17,18). The molecule has 0 saturated carbocycles. The van der Waals surface area contributed by atoms with E-state index in [1.54, 1.807) is 31.4 Å². The minimum atomic E-state index is -0.970. The van der Waals surface area contributed by atoms with Gasteiger partial charge in [-0.1, -0.05) is 24.3 Å². The van der Waals surface area contributed by atoms with Gasteiger partial charge >= 0.3 is 5.97 Å². The van der Waals surface area contributed by atoms with Crippen molar-refractivity contribution in [3.05, 3.63) is 71.0 Å². The molecule has 0 aliphatic rings. The maximum absolute atomic E-state index is 12.9. The minimum absolute atomic E-state index is 0.220. The fraction of sp³-hybridized carbons (Fsp3) is 0.133. The second kappa shape index (κ2) is 5.63. The van der Waals surface area contributed by atoms with E-state index >= 15 is 0 Å². The highest BCUT2D eigenvalue weighted by Gasteiger charge is 2.14. The lowest BCUT2D eigenvalue weighted by Gasteiger charge is -2.16. The zero-order valence-electron chi connectivity index (χ0n) is 10.3. The van der Waals surface area contributed by atoms with E-state index in [2.05, 4.69) is 0 Å². The third kappa shape index (κ3) is 2.98. The summed E-state index contributed by atoms with van der Waals surface area (Å²) in [5.41, 5.74) is 1.85. The van der Waals surface area contributed by atoms with Gasteiger partial charge in [0.25, 0.3) is 0 Å². The van der Waals surface area contributed by atoms with Crippen molar-refractivity contribution in [3.8, 4) is 0 Å². The number of carboxylic acid groups (broad SMARTS) is 1. The lowest BCUT2D eigenvalue weighted by atomic mass is 10.00. The van der Waals surface area contributed by atoms with Gasteiger partial charge < -0.3 is 9.84 Å². The number of carbonyl (C=O) groups is 1. The van der Waals surface area contributed by atoms with E-state index in [-0.39, 0.29) is 17.5 Å². The Morgan fingerprint density at radius 3 is 1.95 bits per heavy atom. The normalized spacial score (nSPS) is 12.1. The third-order valence-electron chi connectivity index (χ3n) is 2.87. The molecule has 0 aliphatic carbocycles. The molecule has 0 fully saturated rings. The molecule has 0 aliphatic heterocycles. The highest BCUT2D eigenvalue weighted by molar-refractivity contribution is 5.87. The molecule has 19 heavy (non-hydrogen) atoms. The van der Waals surface area contributed by atoms with Crippen molar-refractivity contribution in [1.82, 2.24) is 0 Å². The number of hydrogen-bond acceptors (Lipinski definition) is 2. The molecule has 0 radical (unpaired) electrons. The summed E-state index contributed by atoms with van der Waals surface area (Å²) >= 11 is 0. The van der Waals surface area contributed by atoms with Crippen molar-refractivity contribution < 1.29 is 19.0 Å². The van der Waals surface area contributed by atoms with Crippen LogP contribution in [0.3, 0.4) is 0 Å². The van der Waals surface area contributed by atoms with Gasteiger partial charge in [-0.25, -0.2) is 9.18 Å². The molecule has 2 rings (SSSR count). The highest BCUT2D eigenvalue weighted by atomic mass is 19.1. The number of benzene rings is 2. The van der Waals surface area contributed by atoms with Crippen molar-refractivity contribution in [2.45, 2.75) is 6.10 Å². The number of ether oxygens (including phenoxy) is 1. The van der Waals surface area contributed by atoms with Gasteiger partial charge in [0.1, 0.15) is 11.9 Å². The van der Waals surface area contributed by atoms with Crippen molar-refractivity contribution in [3.63, 3.8) is 0 Å². The predicted molar refractivity (Wildman–Crippen MR) is 68.7 cm³/mol. The number of aromatic carboxylic acids is 1. The van der Waals surface area contributed by atoms with Crippen LogP contribution in [0, 0.1) is 5.82 Å². The Kier molecular flexibility index (Phi) is 3.92. The smallest absolute Gasteiger partial charge is 0.335 e. The molecule has 0 heterocycles. The Bertz CT molecular complexity index is 561. The fourth-order valence-corrected chi connectivity index (χ4v) is 1.90. The Morgan fingerprint density at radius 2 is 1.53 bits per heavy atom. The van der Waals surface area contributed by atoms with Gasteiger partial charge in [-0.2, -0.15) is 0 Å². The van der Waals surface area contributed by atoms with E-state index < -0.39 is 5.97 Å². The van der Waals surface area contributed by atoms with Gasteiger partial charge in [0, 0.05) is 7.11 Å². The molecule has 2 aromatic rings. The van der Waals surface area contributed by atoms with Crippen LogP contribution in [0.1, 0.15) is 27.6 Å². The van der Waals surface area contributed by atoms with Crippen molar-refractivity contribution in [2.75, 3.05) is 7.11 Å². The van der Waals surface area contributed by atoms with Crippen LogP contribution in [0.15, 0.2) is 48.5 Å². The lowest BCUT2D eigenvalue weighted by Crippen LogP contribution is -2.04. The molecule has 0 amide bonds. The summed E-state index contributed by atoms with van der Waals surface area (Å²) in [6, 6.07) is 12.5. The summed E-state index contributed by atoms with van der Waals surface area (Å²) in [5, 5.41) is 8.85. The predicted octanol–water partition coefficient (Wildman–Crippen LogP) is 3.26. The summed E-state index contributed by atoms with van der Waals surface area (Å²) in [4.78, 5) is 10.8. The van der Waals surface area contributed by atoms with Crippen LogP contribution in [0.25, 0.3) is 0 Å². The van der Waals surface area contributed by atoms with Crippen LogP contribution >= 0.6 is 0 Å². The van der Waals surface area contributed by atoms with Crippen molar-refractivity contribution >= 4 is 5.97 Å². The molecule has 4 heteroatoms. The second-order valence-electron chi connectivity index (χ2n) is 4.09. The highest BCUT2D eigenvalue weighted by Crippen LogP contribution is 2.25. The van der Waals surface area contributed by atoms with Crippen molar-refractivity contribution in [2.24, 2.45) is 0 Å². The van der Waals surface area contributed by atoms with Crippen molar-refractivity contribution in [1.29, 1.82) is 0 Å². The van der Waals surface area contributed by atoms with E-state index in [1.807, 2.05) is 0 Å². The molecule has 0 spiro atoms. The van der Waals surface area contributed by atoms with Gasteiger partial charge in [-0.05, 0) is 35.4 Å². The Labute approximate surface area is 110 Å². The third-order valence-corrected chi connectivity index (χ3v) is 2.87. The van der Waals surface area contributed by atoms with E-state index in [0.29, 0.717) is 0 Å². The summed E-state index contributed by atoms with van der Waals surface area (Å²) in [6.07, 6.45) is -0.344. The molecular weight excluding hydrogens is 247 g/mol. The molecule has 1 N–H and O–H groups in total. The monoisotopic (exact) mass is 260 g/mol. The molecule has 2 aromatic carbocycles. The largest absolute Gasteiger partial charge is 0.478 e. The summed E-state index contributed by atoms with van der Waals surface area (Å²) in [6.45, 7) is 0. The van der Waals surface area contributed by atoms with Crippen LogP contribution in [0.2, 0.25) is 0 Å². The number of rotatable bonds is 4. The number of halogens is 1. The van der Waals surface area contributed by atoms with Gasteiger partial charge in [0.05, 0.1) is 5.56 Å². The van der Waals surface area contributed by atoms with Crippen LogP contribution in [0.5, 0.6) is 0 Å². The average Bonchev–Trinajstić information content (AvgIpc) is 2.42. The number of hydrogen-bond donors (Lipinski definition) is 1. The first kappa shape index (κ1) is 13.2. The van der Waals surface area contributed by atoms with E-state index in [1.165, 1.54) is 24.3 Å². The number of carboxylic acids is 1. The summed E-state index contributed by atoms with van der Waals surface area (Å²) in [7, 11) is 1.55. The Hall–Kier alpha value is -2.20. The summed E-state index contributed by atoms with van der Waals surface area (Å²) < 4.78 is 18.3. The second-order valence-corrected chi connectivity index (χ2v) is 4.09. The Balaban J connectivity index is 2.31. The lowest BCUT2D eigenvalue weighted by molar-refractivity contribution is 0.0696. The Morgan fingerprint density at radius 1 is 1.05 bits per heavy atom. The molecule has 0 bridgehead atoms. The first-order chi connectivity index (χ1) is 9.11. The van der Waals surface area contributed by atoms with Gasteiger partial charge in [-0.15, -0.1) is 0 Å². The molecular formula is C15H13FO3. The first-order valence-electron chi connectivity index (χ1n) is 5.73. The fourth-order valence-electron chi connectivity index (χ4n) is 1.90. The molecule has 1 unspecified atom stereocenters. The van der Waals surface area contributed by atoms with Crippen LogP contribution in [-0.4, -0.2) is 18.2 Å². The quantitative estimate of drug-likeness (QED) is 0.917. The minimum Gasteiger partial charge on any atom is -0.478 e. The topological polar surface area (TPSA) is 46.5 Å². The SMILES string of the molecule is COC(c1ccc(F)cc1)c1ccc(C(=O)O)cc1. The van der Waals surface area contributed by atoms with Gasteiger partial charge in [-0.3, -0.25) is 0 Å². The van der Waals surface area contributed by atoms with E-state index in [4.69, 9.17) is 9.84 Å². The molecule has 0 saturated heterocycles. The van der Waals surface area contributed by atoms with Crippen LogP contribution < -0.4 is 0 Å². The van der Waals surface area contributed by atoms with Gasteiger partial charge in [0.15, 0.2) is 0 Å². The molecule has 1 atom stereocenters. The van der Waals surface area contributed by atoms with E-state index in [0.717, 1.165) is 11.1 Å². The number of methoxy groups -OCH3 is 1. The molecule has 98 valence electrons. The van der Waals surface area contributed by atoms with Gasteiger partial charge in [0.2, 0.25) is 0 Å². The molecule has 3 nitrogen and oxygen atoms in total. The van der Waals surface area contributed by atoms with Crippen LogP contribution in [-0.2, 0) is 4.74 Å². The van der Waals surface area contributed by atoms with E-state index in [9.17, 15) is 9.18 Å². The van der Waals surface area contributed by atoms with Crippen LogP contribution in [0.4, 0.5) is 4.39 Å². The molecule has 0 aromatic heterocycles. The maximum Gasteiger partial charge on any atom is 0.335 e. The first-order valence-corrected chi connectivity index (χ1v) is 5.73.